The maximum atomic E-state index is 12.8. The number of aliphatic hydroxyl groups is 1. The van der Waals surface area contributed by atoms with E-state index in [1.807, 2.05) is 24.3 Å². The maximum Gasteiger partial charge on any atom is 0.230 e. The van der Waals surface area contributed by atoms with E-state index >= 15 is 0 Å². The molecule has 1 unspecified atom stereocenters. The van der Waals surface area contributed by atoms with E-state index in [9.17, 15) is 9.90 Å². The van der Waals surface area contributed by atoms with E-state index < -0.39 is 11.0 Å². The van der Waals surface area contributed by atoms with Crippen LogP contribution in [0.4, 0.5) is 0 Å². The Hall–Kier alpha value is -1.10. The fraction of sp³-hybridized carbons (Fsp3) is 0.588. The molecule has 0 bridgehead atoms. The second-order valence-corrected chi connectivity index (χ2v) is 6.85. The van der Waals surface area contributed by atoms with Crippen LogP contribution in [0.1, 0.15) is 38.2 Å². The lowest BCUT2D eigenvalue weighted by Crippen LogP contribution is -2.49. The number of halogens is 1. The molecule has 22 heavy (non-hydrogen) atoms. The molecule has 4 nitrogen and oxygen atoms in total. The summed E-state index contributed by atoms with van der Waals surface area (Å²) in [5.74, 6) is -0.0244. The van der Waals surface area contributed by atoms with E-state index in [0.29, 0.717) is 5.02 Å². The van der Waals surface area contributed by atoms with Gasteiger partial charge in [-0.3, -0.25) is 4.79 Å². The summed E-state index contributed by atoms with van der Waals surface area (Å²) < 4.78 is 4.97. The molecule has 0 spiro atoms. The van der Waals surface area contributed by atoms with Crippen LogP contribution in [0.25, 0.3) is 0 Å². The first-order valence-electron chi connectivity index (χ1n) is 7.65. The molecule has 0 aromatic heterocycles. The number of ether oxygens (including phenoxy) is 1. The molecule has 1 aliphatic carbocycles. The third-order valence-electron chi connectivity index (χ3n) is 4.37. The van der Waals surface area contributed by atoms with Crippen molar-refractivity contribution in [2.45, 2.75) is 43.6 Å². The zero-order valence-electron chi connectivity index (χ0n) is 13.2. The molecular weight excluding hydrogens is 302 g/mol. The highest BCUT2D eigenvalue weighted by Crippen LogP contribution is 2.41. The number of hydrogen-bond donors (Lipinski definition) is 2. The van der Waals surface area contributed by atoms with Crippen LogP contribution in [0.15, 0.2) is 24.3 Å². The topological polar surface area (TPSA) is 58.6 Å². The van der Waals surface area contributed by atoms with Crippen molar-refractivity contribution in [1.29, 1.82) is 0 Å². The SMILES string of the molecule is COCC(C)(O)CNC(=O)C1(c2ccc(Cl)cc2)CCCC1. The first-order valence-corrected chi connectivity index (χ1v) is 8.03. The van der Waals surface area contributed by atoms with E-state index in [1.54, 1.807) is 6.92 Å². The monoisotopic (exact) mass is 325 g/mol. The molecule has 1 aromatic rings. The van der Waals surface area contributed by atoms with Crippen LogP contribution < -0.4 is 5.32 Å². The average Bonchev–Trinajstić information content (AvgIpc) is 2.96. The van der Waals surface area contributed by atoms with Crippen molar-refractivity contribution in [2.24, 2.45) is 0 Å². The molecule has 1 aromatic carbocycles. The minimum absolute atomic E-state index is 0.0244. The fourth-order valence-corrected chi connectivity index (χ4v) is 3.32. The largest absolute Gasteiger partial charge is 0.386 e. The molecule has 5 heteroatoms. The third-order valence-corrected chi connectivity index (χ3v) is 4.63. The zero-order valence-corrected chi connectivity index (χ0v) is 13.9. The minimum Gasteiger partial charge on any atom is -0.386 e. The van der Waals surface area contributed by atoms with Gasteiger partial charge in [0, 0.05) is 18.7 Å². The number of methoxy groups -OCH3 is 1. The van der Waals surface area contributed by atoms with Crippen LogP contribution >= 0.6 is 11.6 Å². The predicted octanol–water partition coefficient (Wildman–Crippen LogP) is 2.67. The number of carbonyl (C=O) groups is 1. The number of benzene rings is 1. The Balaban J connectivity index is 2.14. The van der Waals surface area contributed by atoms with E-state index in [2.05, 4.69) is 5.32 Å². The van der Waals surface area contributed by atoms with Crippen molar-refractivity contribution >= 4 is 17.5 Å². The fourth-order valence-electron chi connectivity index (χ4n) is 3.20. The van der Waals surface area contributed by atoms with Gasteiger partial charge >= 0.3 is 0 Å². The van der Waals surface area contributed by atoms with Crippen LogP contribution in [-0.4, -0.2) is 36.9 Å². The maximum absolute atomic E-state index is 12.8. The van der Waals surface area contributed by atoms with Gasteiger partial charge in [-0.05, 0) is 37.5 Å². The first-order chi connectivity index (χ1) is 10.4. The molecule has 1 amide bonds. The Morgan fingerprint density at radius 1 is 1.36 bits per heavy atom. The number of hydrogen-bond acceptors (Lipinski definition) is 3. The van der Waals surface area contributed by atoms with Gasteiger partial charge in [-0.2, -0.15) is 0 Å². The smallest absolute Gasteiger partial charge is 0.230 e. The van der Waals surface area contributed by atoms with Gasteiger partial charge in [0.15, 0.2) is 0 Å². The Kier molecular flexibility index (Phi) is 5.48. The van der Waals surface area contributed by atoms with Crippen molar-refractivity contribution in [1.82, 2.24) is 5.32 Å². The average molecular weight is 326 g/mol. The van der Waals surface area contributed by atoms with Crippen molar-refractivity contribution in [3.05, 3.63) is 34.9 Å². The highest BCUT2D eigenvalue weighted by Gasteiger charge is 2.43. The quantitative estimate of drug-likeness (QED) is 0.845. The van der Waals surface area contributed by atoms with Crippen LogP contribution in [-0.2, 0) is 14.9 Å². The molecule has 1 atom stereocenters. The Bertz CT molecular complexity index is 507. The summed E-state index contributed by atoms with van der Waals surface area (Å²) in [7, 11) is 1.53. The summed E-state index contributed by atoms with van der Waals surface area (Å²) in [5, 5.41) is 13.7. The molecule has 1 saturated carbocycles. The molecule has 2 rings (SSSR count). The standard InChI is InChI=1S/C17H24ClNO3/c1-16(21,12-22-2)11-19-15(20)17(9-3-4-10-17)13-5-7-14(18)8-6-13/h5-8,21H,3-4,9-12H2,1-2H3,(H,19,20). The number of carbonyl (C=O) groups excluding carboxylic acids is 1. The van der Waals surface area contributed by atoms with Gasteiger partial charge < -0.3 is 15.2 Å². The lowest BCUT2D eigenvalue weighted by atomic mass is 9.78. The second kappa shape index (κ2) is 6.99. The molecule has 0 heterocycles. The summed E-state index contributed by atoms with van der Waals surface area (Å²) in [6.07, 6.45) is 3.72. The number of rotatable bonds is 6. The Labute approximate surface area is 136 Å². The van der Waals surface area contributed by atoms with E-state index in [1.165, 1.54) is 7.11 Å². The summed E-state index contributed by atoms with van der Waals surface area (Å²) in [6.45, 7) is 2.01. The second-order valence-electron chi connectivity index (χ2n) is 6.41. The summed E-state index contributed by atoms with van der Waals surface area (Å²) in [4.78, 5) is 12.8. The third kappa shape index (κ3) is 3.80. The minimum atomic E-state index is -1.07. The highest BCUT2D eigenvalue weighted by molar-refractivity contribution is 6.30. The molecular formula is C17H24ClNO3. The molecule has 0 saturated heterocycles. The van der Waals surface area contributed by atoms with Crippen LogP contribution in [0.5, 0.6) is 0 Å². The lowest BCUT2D eigenvalue weighted by Gasteiger charge is -2.31. The van der Waals surface area contributed by atoms with Gasteiger partial charge in [0.2, 0.25) is 5.91 Å². The summed E-state index contributed by atoms with van der Waals surface area (Å²) in [6, 6.07) is 7.51. The Morgan fingerprint density at radius 3 is 2.50 bits per heavy atom. The van der Waals surface area contributed by atoms with Gasteiger partial charge in [-0.25, -0.2) is 0 Å². The summed E-state index contributed by atoms with van der Waals surface area (Å²) in [5.41, 5.74) is -0.573. The normalized spacial score (nSPS) is 19.6. The predicted molar refractivity (Wildman–Crippen MR) is 87.1 cm³/mol. The van der Waals surface area contributed by atoms with E-state index in [0.717, 1.165) is 31.2 Å². The molecule has 1 fully saturated rings. The van der Waals surface area contributed by atoms with Gasteiger partial charge in [0.25, 0.3) is 0 Å². The van der Waals surface area contributed by atoms with Crippen molar-refractivity contribution in [2.75, 3.05) is 20.3 Å². The van der Waals surface area contributed by atoms with Crippen LogP contribution in [0, 0.1) is 0 Å². The molecule has 122 valence electrons. The van der Waals surface area contributed by atoms with Crippen molar-refractivity contribution < 1.29 is 14.6 Å². The number of amides is 1. The lowest BCUT2D eigenvalue weighted by molar-refractivity contribution is -0.128. The highest BCUT2D eigenvalue weighted by atomic mass is 35.5. The van der Waals surface area contributed by atoms with Crippen molar-refractivity contribution in [3.8, 4) is 0 Å². The zero-order chi connectivity index (χ0) is 16.2. The van der Waals surface area contributed by atoms with Gasteiger partial charge in [0.1, 0.15) is 5.60 Å². The van der Waals surface area contributed by atoms with Gasteiger partial charge in [-0.1, -0.05) is 36.6 Å². The molecule has 0 aliphatic heterocycles. The van der Waals surface area contributed by atoms with Gasteiger partial charge in [0.05, 0.1) is 12.0 Å². The van der Waals surface area contributed by atoms with Crippen LogP contribution in [0.2, 0.25) is 5.02 Å². The molecule has 0 radical (unpaired) electrons. The van der Waals surface area contributed by atoms with Gasteiger partial charge in [-0.15, -0.1) is 0 Å². The Morgan fingerprint density at radius 2 is 1.95 bits per heavy atom. The summed E-state index contributed by atoms with van der Waals surface area (Å²) >= 11 is 5.95. The van der Waals surface area contributed by atoms with Crippen LogP contribution in [0.3, 0.4) is 0 Å². The van der Waals surface area contributed by atoms with Crippen molar-refractivity contribution in [3.63, 3.8) is 0 Å². The molecule has 1 aliphatic rings. The van der Waals surface area contributed by atoms with E-state index in [-0.39, 0.29) is 19.1 Å². The van der Waals surface area contributed by atoms with E-state index in [4.69, 9.17) is 16.3 Å². The number of nitrogens with one attached hydrogen (secondary N) is 1. The molecule has 2 N–H and O–H groups in total. The first kappa shape index (κ1) is 17.3.